The van der Waals surface area contributed by atoms with Crippen LogP contribution in [0, 0.1) is 0 Å². The monoisotopic (exact) mass is 236 g/mol. The van der Waals surface area contributed by atoms with Gasteiger partial charge in [-0.1, -0.05) is 6.07 Å². The summed E-state index contributed by atoms with van der Waals surface area (Å²) in [6.45, 7) is 0.960. The van der Waals surface area contributed by atoms with Crippen molar-refractivity contribution in [3.8, 4) is 0 Å². The summed E-state index contributed by atoms with van der Waals surface area (Å²) in [6, 6.07) is 5.70. The van der Waals surface area contributed by atoms with Gasteiger partial charge < -0.3 is 15.2 Å². The molecular formula is C11H16N4O2. The van der Waals surface area contributed by atoms with Crippen LogP contribution < -0.4 is 5.32 Å². The van der Waals surface area contributed by atoms with Gasteiger partial charge in [0.05, 0.1) is 12.7 Å². The molecular weight excluding hydrogens is 220 g/mol. The molecule has 2 N–H and O–H groups in total. The Morgan fingerprint density at radius 1 is 1.53 bits per heavy atom. The highest BCUT2D eigenvalue weighted by Crippen LogP contribution is 2.04. The maximum absolute atomic E-state index is 9.46. The summed E-state index contributed by atoms with van der Waals surface area (Å²) in [5, 5.41) is 16.8. The highest BCUT2D eigenvalue weighted by atomic mass is 16.5. The highest BCUT2D eigenvalue weighted by Gasteiger charge is 2.05. The Morgan fingerprint density at radius 3 is 3.18 bits per heavy atom. The van der Waals surface area contributed by atoms with Gasteiger partial charge in [0.1, 0.15) is 0 Å². The summed E-state index contributed by atoms with van der Waals surface area (Å²) in [5.41, 5.74) is 0.799. The van der Waals surface area contributed by atoms with E-state index in [9.17, 15) is 5.11 Å². The molecule has 0 fully saturated rings. The van der Waals surface area contributed by atoms with E-state index in [-0.39, 0.29) is 0 Å². The predicted octanol–water partition coefficient (Wildman–Crippen LogP) is 0.539. The molecule has 17 heavy (non-hydrogen) atoms. The largest absolute Gasteiger partial charge is 0.391 e. The van der Waals surface area contributed by atoms with Crippen molar-refractivity contribution in [1.82, 2.24) is 14.6 Å². The number of aliphatic hydroxyl groups excluding tert-OH is 1. The van der Waals surface area contributed by atoms with Crippen molar-refractivity contribution >= 4 is 11.6 Å². The first-order chi connectivity index (χ1) is 8.29. The highest BCUT2D eigenvalue weighted by molar-refractivity contribution is 5.42. The van der Waals surface area contributed by atoms with E-state index in [1.165, 1.54) is 0 Å². The molecule has 0 saturated heterocycles. The summed E-state index contributed by atoms with van der Waals surface area (Å²) < 4.78 is 6.54. The van der Waals surface area contributed by atoms with E-state index in [0.717, 1.165) is 5.65 Å². The standard InChI is InChI=1S/C11H16N4O2/c1-17-8-9(16)5-6-12-11-13-10-4-2-3-7-15(10)14-11/h2-4,7,9,16H,5-6,8H2,1H3,(H,12,14). The molecule has 0 amide bonds. The fraction of sp³-hybridized carbons (Fsp3) is 0.455. The molecule has 0 spiro atoms. The van der Waals surface area contributed by atoms with Crippen molar-refractivity contribution in [2.75, 3.05) is 25.6 Å². The van der Waals surface area contributed by atoms with E-state index in [4.69, 9.17) is 4.74 Å². The third-order valence-corrected chi connectivity index (χ3v) is 2.36. The van der Waals surface area contributed by atoms with Crippen LogP contribution in [-0.4, -0.2) is 46.1 Å². The van der Waals surface area contributed by atoms with Crippen LogP contribution in [0.5, 0.6) is 0 Å². The van der Waals surface area contributed by atoms with Gasteiger partial charge in [0.2, 0.25) is 5.95 Å². The molecule has 1 atom stereocenters. The van der Waals surface area contributed by atoms with Gasteiger partial charge in [0.25, 0.3) is 0 Å². The summed E-state index contributed by atoms with van der Waals surface area (Å²) in [7, 11) is 1.57. The minimum atomic E-state index is -0.454. The zero-order valence-electron chi connectivity index (χ0n) is 9.71. The number of aliphatic hydroxyl groups is 1. The van der Waals surface area contributed by atoms with E-state index < -0.39 is 6.10 Å². The quantitative estimate of drug-likeness (QED) is 0.766. The molecule has 0 saturated carbocycles. The van der Waals surface area contributed by atoms with Crippen LogP contribution >= 0.6 is 0 Å². The van der Waals surface area contributed by atoms with Crippen molar-refractivity contribution < 1.29 is 9.84 Å². The SMILES string of the molecule is COCC(O)CCNc1nc2ccccn2n1. The van der Waals surface area contributed by atoms with Gasteiger partial charge in [-0.15, -0.1) is 5.10 Å². The van der Waals surface area contributed by atoms with Crippen molar-refractivity contribution in [3.63, 3.8) is 0 Å². The molecule has 0 aliphatic heterocycles. The molecule has 2 rings (SSSR count). The third kappa shape index (κ3) is 3.15. The van der Waals surface area contributed by atoms with E-state index in [2.05, 4.69) is 15.4 Å². The number of rotatable bonds is 6. The minimum Gasteiger partial charge on any atom is -0.391 e. The van der Waals surface area contributed by atoms with Crippen LogP contribution in [0.1, 0.15) is 6.42 Å². The molecule has 0 aliphatic carbocycles. The Morgan fingerprint density at radius 2 is 2.41 bits per heavy atom. The van der Waals surface area contributed by atoms with Crippen LogP contribution in [0.25, 0.3) is 5.65 Å². The lowest BCUT2D eigenvalue weighted by molar-refractivity contribution is 0.0615. The van der Waals surface area contributed by atoms with E-state index in [1.54, 1.807) is 11.6 Å². The molecule has 0 aliphatic rings. The van der Waals surface area contributed by atoms with Gasteiger partial charge in [0, 0.05) is 19.9 Å². The Bertz CT molecular complexity index is 438. The lowest BCUT2D eigenvalue weighted by Crippen LogP contribution is -2.18. The Balaban J connectivity index is 1.86. The minimum absolute atomic E-state index is 0.347. The molecule has 92 valence electrons. The number of pyridine rings is 1. The fourth-order valence-corrected chi connectivity index (χ4v) is 1.53. The number of aromatic nitrogens is 3. The number of hydrogen-bond donors (Lipinski definition) is 2. The summed E-state index contributed by atoms with van der Waals surface area (Å²) >= 11 is 0. The van der Waals surface area contributed by atoms with Gasteiger partial charge in [-0.3, -0.25) is 0 Å². The molecule has 2 heterocycles. The van der Waals surface area contributed by atoms with Crippen LogP contribution in [0.3, 0.4) is 0 Å². The van der Waals surface area contributed by atoms with Gasteiger partial charge in [-0.2, -0.15) is 4.98 Å². The maximum atomic E-state index is 9.46. The van der Waals surface area contributed by atoms with Gasteiger partial charge in [-0.25, -0.2) is 4.52 Å². The number of nitrogens with zero attached hydrogens (tertiary/aromatic N) is 3. The molecule has 0 radical (unpaired) electrons. The number of nitrogens with one attached hydrogen (secondary N) is 1. The summed E-state index contributed by atoms with van der Waals surface area (Å²) in [5.74, 6) is 0.570. The lowest BCUT2D eigenvalue weighted by Gasteiger charge is -2.08. The normalized spacial score (nSPS) is 12.8. The topological polar surface area (TPSA) is 71.7 Å². The molecule has 0 aromatic carbocycles. The number of fused-ring (bicyclic) bond motifs is 1. The first-order valence-corrected chi connectivity index (χ1v) is 5.52. The smallest absolute Gasteiger partial charge is 0.243 e. The fourth-order valence-electron chi connectivity index (χ4n) is 1.53. The number of hydrogen-bond acceptors (Lipinski definition) is 5. The zero-order valence-corrected chi connectivity index (χ0v) is 9.71. The molecule has 6 nitrogen and oxygen atoms in total. The van der Waals surface area contributed by atoms with Crippen LogP contribution in [0.4, 0.5) is 5.95 Å². The maximum Gasteiger partial charge on any atom is 0.243 e. The molecule has 6 heteroatoms. The van der Waals surface area contributed by atoms with Crippen LogP contribution in [0.2, 0.25) is 0 Å². The van der Waals surface area contributed by atoms with Crippen molar-refractivity contribution in [1.29, 1.82) is 0 Å². The van der Waals surface area contributed by atoms with Crippen molar-refractivity contribution in [2.45, 2.75) is 12.5 Å². The molecule has 2 aromatic heterocycles. The van der Waals surface area contributed by atoms with Crippen molar-refractivity contribution in [2.24, 2.45) is 0 Å². The van der Waals surface area contributed by atoms with E-state index in [1.807, 2.05) is 24.4 Å². The second-order valence-corrected chi connectivity index (χ2v) is 3.76. The molecule has 1 unspecified atom stereocenters. The lowest BCUT2D eigenvalue weighted by atomic mass is 10.3. The first-order valence-electron chi connectivity index (χ1n) is 5.52. The first kappa shape index (κ1) is 11.8. The van der Waals surface area contributed by atoms with Gasteiger partial charge in [0.15, 0.2) is 5.65 Å². The van der Waals surface area contributed by atoms with Crippen LogP contribution in [-0.2, 0) is 4.74 Å². The van der Waals surface area contributed by atoms with Gasteiger partial charge >= 0.3 is 0 Å². The average molecular weight is 236 g/mol. The Hall–Kier alpha value is -1.66. The molecule has 2 aromatic rings. The summed E-state index contributed by atoms with van der Waals surface area (Å²) in [6.07, 6.45) is 1.99. The third-order valence-electron chi connectivity index (χ3n) is 2.36. The predicted molar refractivity (Wildman–Crippen MR) is 64.0 cm³/mol. The number of methoxy groups -OCH3 is 1. The molecule has 0 bridgehead atoms. The second-order valence-electron chi connectivity index (χ2n) is 3.76. The van der Waals surface area contributed by atoms with Gasteiger partial charge in [-0.05, 0) is 18.6 Å². The second kappa shape index (κ2) is 5.60. The van der Waals surface area contributed by atoms with E-state index >= 15 is 0 Å². The van der Waals surface area contributed by atoms with Crippen molar-refractivity contribution in [3.05, 3.63) is 24.4 Å². The zero-order chi connectivity index (χ0) is 12.1. The summed E-state index contributed by atoms with van der Waals surface area (Å²) in [4.78, 5) is 4.28. The average Bonchev–Trinajstić information content (AvgIpc) is 2.71. The number of ether oxygens (including phenoxy) is 1. The van der Waals surface area contributed by atoms with Crippen LogP contribution in [0.15, 0.2) is 24.4 Å². The number of anilines is 1. The Kier molecular flexibility index (Phi) is 3.89. The van der Waals surface area contributed by atoms with E-state index in [0.29, 0.717) is 25.5 Å². The Labute approximate surface area is 99.2 Å².